The molecule has 0 aromatic heterocycles. The molecule has 0 radical (unpaired) electrons. The number of nitrogens with one attached hydrogen (secondary N) is 2. The van der Waals surface area contributed by atoms with Crippen molar-refractivity contribution in [2.45, 2.75) is 231 Å². The summed E-state index contributed by atoms with van der Waals surface area (Å²) in [5.41, 5.74) is 15.9. The molecular formula is C76H117N5O10. The Labute approximate surface area is 545 Å². The van der Waals surface area contributed by atoms with E-state index in [0.717, 1.165) is 187 Å². The van der Waals surface area contributed by atoms with E-state index in [4.69, 9.17) is 21.7 Å². The number of nitrogens with two attached hydrogens (primary N) is 2. The quantitative estimate of drug-likeness (QED) is 0.0345. The van der Waals surface area contributed by atoms with Crippen LogP contribution in [0.4, 0.5) is 0 Å². The molecule has 0 unspecified atom stereocenters. The van der Waals surface area contributed by atoms with Gasteiger partial charge in [-0.05, 0) is 168 Å². The van der Waals surface area contributed by atoms with Crippen molar-refractivity contribution in [1.82, 2.24) is 15.5 Å². The summed E-state index contributed by atoms with van der Waals surface area (Å²) in [6, 6.07) is 37.3. The van der Waals surface area contributed by atoms with E-state index in [-0.39, 0.29) is 60.1 Å². The van der Waals surface area contributed by atoms with E-state index in [1.165, 1.54) is 32.1 Å². The highest BCUT2D eigenvalue weighted by Gasteiger charge is 2.42. The molecule has 16 N–H and O–H groups in total. The molecule has 5 aliphatic rings. The molecule has 15 heteroatoms. The first-order valence-electron chi connectivity index (χ1n) is 34.4. The summed E-state index contributed by atoms with van der Waals surface area (Å²) in [5, 5.41) is 107. The molecule has 5 atom stereocenters. The maximum Gasteiger partial charge on any atom is 0.115 e. The summed E-state index contributed by atoms with van der Waals surface area (Å²) in [6.07, 6.45) is 25.7. The van der Waals surface area contributed by atoms with Gasteiger partial charge >= 0.3 is 0 Å². The van der Waals surface area contributed by atoms with E-state index < -0.39 is 28.0 Å². The smallest absolute Gasteiger partial charge is 0.115 e. The van der Waals surface area contributed by atoms with Crippen LogP contribution in [0.5, 0.6) is 17.2 Å². The number of likely N-dealkylation sites (N-methyl/N-ethyl adjacent to an activating group) is 3. The molecule has 5 aromatic rings. The van der Waals surface area contributed by atoms with Gasteiger partial charge in [0.25, 0.3) is 0 Å². The number of hydrogen-bond acceptors (Lipinski definition) is 15. The second-order valence-corrected chi connectivity index (χ2v) is 27.5. The van der Waals surface area contributed by atoms with Crippen LogP contribution in [-0.4, -0.2) is 145 Å². The normalized spacial score (nSPS) is 20.5. The molecule has 15 nitrogen and oxygen atoms in total. The summed E-state index contributed by atoms with van der Waals surface area (Å²) >= 11 is 0. The third kappa shape index (κ3) is 22.0. The number of phenols is 3. The van der Waals surface area contributed by atoms with Gasteiger partial charge in [-0.15, -0.1) is 0 Å². The third-order valence-corrected chi connectivity index (χ3v) is 20.7. The lowest BCUT2D eigenvalue weighted by atomic mass is 9.72. The third-order valence-electron chi connectivity index (χ3n) is 20.7. The number of hydrogen-bond donors (Lipinski definition) is 14. The molecule has 0 spiro atoms. The standard InChI is InChI=1S/2C16H25NO2.2C15H23NO2.C14H21NO2/c1-17(2)12-15(13-6-8-14(18)9-7-13)16(19)10-4-3-5-11-16;1-17-11-15(16(19)9-3-2-4-10-16)14-7-5-13(12-18)6-8-14;1-16-11-14(12-5-7-13(17)8-6-12)15(18)9-3-2-4-10-15;16-10-14(15(18)8-2-1-3-9-15)13-6-4-12(11-17)5-7-13;15-10-13(11-4-6-12(16)7-5-11)14(17)8-2-1-3-9-14/h6-9,15,18-19H,3-5,10-12H2,1-2H3;5-8,15,17-19H,2-4,9-12H2,1H3;5-8,14,16-18H,2-4,9-11H2,1H3;4-7,14,17-18H,1-3,8-11,16H2;4-7,13,16-17H,1-3,8-10,15H2/t2*15-;2*14-;13-/m00000/s1. The van der Waals surface area contributed by atoms with Gasteiger partial charge in [0.15, 0.2) is 0 Å². The lowest BCUT2D eigenvalue weighted by molar-refractivity contribution is -0.0278. The molecule has 91 heavy (non-hydrogen) atoms. The SMILES string of the molecule is CN(C)C[C@@H](c1ccc(O)cc1)C1(O)CCCCC1.CNC[C@@H](c1ccc(CO)cc1)C1(O)CCCCC1.CNC[C@@H](c1ccc(O)cc1)C1(O)CCCCC1.NC[C@@H](c1ccc(CO)cc1)C1(O)CCCCC1.NC[C@@H](c1ccc(O)cc1)C1(O)CCCCC1. The van der Waals surface area contributed by atoms with Crippen molar-refractivity contribution in [3.8, 4) is 17.2 Å². The summed E-state index contributed by atoms with van der Waals surface area (Å²) in [7, 11) is 7.93. The first-order chi connectivity index (χ1) is 43.7. The fourth-order valence-electron chi connectivity index (χ4n) is 15.3. The molecule has 5 fully saturated rings. The van der Waals surface area contributed by atoms with Crippen molar-refractivity contribution in [1.29, 1.82) is 0 Å². The molecular weight excluding hydrogens is 1140 g/mol. The largest absolute Gasteiger partial charge is 0.508 e. The van der Waals surface area contributed by atoms with Crippen LogP contribution in [0.1, 0.15) is 229 Å². The zero-order chi connectivity index (χ0) is 65.9. The molecule has 0 amide bonds. The Morgan fingerprint density at radius 3 is 0.769 bits per heavy atom. The monoisotopic (exact) mass is 1260 g/mol. The number of aromatic hydroxyl groups is 3. The van der Waals surface area contributed by atoms with Crippen molar-refractivity contribution in [3.05, 3.63) is 160 Å². The van der Waals surface area contributed by atoms with Gasteiger partial charge in [0.2, 0.25) is 0 Å². The zero-order valence-electron chi connectivity index (χ0n) is 55.6. The molecule has 0 saturated heterocycles. The predicted octanol–water partition coefficient (Wildman–Crippen LogP) is 11.3. The topological polar surface area (TPSA) is 282 Å². The van der Waals surface area contributed by atoms with Crippen LogP contribution < -0.4 is 22.1 Å². The van der Waals surface area contributed by atoms with E-state index in [0.29, 0.717) is 13.1 Å². The van der Waals surface area contributed by atoms with Crippen LogP contribution in [0.3, 0.4) is 0 Å². The van der Waals surface area contributed by atoms with Crippen molar-refractivity contribution in [3.63, 3.8) is 0 Å². The molecule has 0 aliphatic heterocycles. The second-order valence-electron chi connectivity index (χ2n) is 27.5. The lowest BCUT2D eigenvalue weighted by Gasteiger charge is -2.40. The summed E-state index contributed by atoms with van der Waals surface area (Å²) in [6.45, 7) is 3.42. The number of phenolic OH excluding ortho intramolecular Hbond substituents is 3. The Kier molecular flexibility index (Phi) is 30.7. The second kappa shape index (κ2) is 37.2. The van der Waals surface area contributed by atoms with Crippen LogP contribution >= 0.6 is 0 Å². The molecule has 5 aliphatic carbocycles. The summed E-state index contributed by atoms with van der Waals surface area (Å²) in [4.78, 5) is 2.13. The van der Waals surface area contributed by atoms with Crippen LogP contribution in [-0.2, 0) is 13.2 Å². The van der Waals surface area contributed by atoms with E-state index in [9.17, 15) is 40.9 Å². The van der Waals surface area contributed by atoms with Gasteiger partial charge in [0.05, 0.1) is 41.2 Å². The molecule has 5 saturated carbocycles. The van der Waals surface area contributed by atoms with E-state index in [2.05, 4.69) is 15.5 Å². The van der Waals surface area contributed by atoms with Crippen molar-refractivity contribution in [2.24, 2.45) is 11.5 Å². The Hall–Kier alpha value is -4.98. The highest BCUT2D eigenvalue weighted by molar-refractivity contribution is 5.34. The fourth-order valence-corrected chi connectivity index (χ4v) is 15.3. The number of rotatable bonds is 20. The van der Waals surface area contributed by atoms with Crippen LogP contribution in [0.2, 0.25) is 0 Å². The average Bonchev–Trinajstić information content (AvgIpc) is 1.57. The minimum absolute atomic E-state index is 0.00513. The first kappa shape index (κ1) is 75.1. The van der Waals surface area contributed by atoms with Crippen molar-refractivity contribution in [2.75, 3.05) is 60.9 Å². The molecule has 506 valence electrons. The van der Waals surface area contributed by atoms with Gasteiger partial charge in [0.1, 0.15) is 17.2 Å². The average molecular weight is 1260 g/mol. The number of nitrogens with zero attached hydrogens (tertiary/aromatic N) is 1. The van der Waals surface area contributed by atoms with Crippen LogP contribution in [0.25, 0.3) is 0 Å². The van der Waals surface area contributed by atoms with E-state index in [1.807, 2.05) is 113 Å². The Morgan fingerprint density at radius 1 is 0.341 bits per heavy atom. The van der Waals surface area contributed by atoms with Gasteiger partial charge in [-0.3, -0.25) is 0 Å². The van der Waals surface area contributed by atoms with E-state index >= 15 is 0 Å². The highest BCUT2D eigenvalue weighted by atomic mass is 16.3. The maximum absolute atomic E-state index is 11.0. The Bertz CT molecular complexity index is 2750. The van der Waals surface area contributed by atoms with Crippen molar-refractivity contribution < 1.29 is 51.1 Å². The minimum Gasteiger partial charge on any atom is -0.508 e. The van der Waals surface area contributed by atoms with Crippen LogP contribution in [0.15, 0.2) is 121 Å². The Balaban J connectivity index is 0.000000181. The minimum atomic E-state index is -0.663. The van der Waals surface area contributed by atoms with Crippen molar-refractivity contribution >= 4 is 0 Å². The van der Waals surface area contributed by atoms with Gasteiger partial charge in [-0.25, -0.2) is 0 Å². The summed E-state index contributed by atoms with van der Waals surface area (Å²) in [5.74, 6) is 1.13. The molecule has 0 heterocycles. The number of aliphatic hydroxyl groups is 7. The Morgan fingerprint density at radius 2 is 0.549 bits per heavy atom. The highest BCUT2D eigenvalue weighted by Crippen LogP contribution is 2.45. The van der Waals surface area contributed by atoms with Gasteiger partial charge < -0.3 is 78.1 Å². The number of benzene rings is 5. The van der Waals surface area contributed by atoms with Gasteiger partial charge in [-0.2, -0.15) is 0 Å². The summed E-state index contributed by atoms with van der Waals surface area (Å²) < 4.78 is 0. The van der Waals surface area contributed by atoms with Gasteiger partial charge in [-0.1, -0.05) is 181 Å². The molecule has 0 bridgehead atoms. The van der Waals surface area contributed by atoms with E-state index in [1.54, 1.807) is 36.4 Å². The number of aliphatic hydroxyl groups excluding tert-OH is 2. The molecule has 5 aromatic carbocycles. The lowest BCUT2D eigenvalue weighted by Crippen LogP contribution is -2.42. The maximum atomic E-state index is 11.0. The first-order valence-corrected chi connectivity index (χ1v) is 34.4. The fraction of sp³-hybridized carbons (Fsp3) is 0.605. The molecule has 10 rings (SSSR count). The van der Waals surface area contributed by atoms with Gasteiger partial charge in [0, 0.05) is 62.3 Å². The van der Waals surface area contributed by atoms with Crippen LogP contribution in [0, 0.1) is 0 Å². The predicted molar refractivity (Wildman–Crippen MR) is 367 cm³/mol. The zero-order valence-corrected chi connectivity index (χ0v) is 55.6.